The molecule has 21 heavy (non-hydrogen) atoms. The molecule has 1 aliphatic carbocycles. The molecule has 118 valence electrons. The zero-order chi connectivity index (χ0) is 14.6. The molecule has 0 radical (unpaired) electrons. The Bertz CT molecular complexity index is 389. The molecule has 1 unspecified atom stereocenters. The quantitative estimate of drug-likeness (QED) is 0.789. The molecule has 0 aromatic heterocycles. The fourth-order valence-electron chi connectivity index (χ4n) is 3.17. The van der Waals surface area contributed by atoms with E-state index in [-0.39, 0.29) is 6.29 Å². The van der Waals surface area contributed by atoms with Crippen LogP contribution in [0.2, 0.25) is 0 Å². The van der Waals surface area contributed by atoms with Crippen molar-refractivity contribution in [1.29, 1.82) is 0 Å². The molecule has 3 aliphatic rings. The van der Waals surface area contributed by atoms with Gasteiger partial charge in [0, 0.05) is 25.7 Å². The van der Waals surface area contributed by atoms with Gasteiger partial charge >= 0.3 is 0 Å². The zero-order valence-electron chi connectivity index (χ0n) is 12.4. The second kappa shape index (κ2) is 6.53. The molecule has 2 saturated heterocycles. The molecule has 0 amide bonds. The molecule has 3 rings (SSSR count). The summed E-state index contributed by atoms with van der Waals surface area (Å²) in [7, 11) is 0. The summed E-state index contributed by atoms with van der Waals surface area (Å²) in [6.07, 6.45) is 8.81. The lowest BCUT2D eigenvalue weighted by atomic mass is 9.79. The Kier molecular flexibility index (Phi) is 4.70. The topological polar surface area (TPSA) is 57.2 Å². The first kappa shape index (κ1) is 15.1. The van der Waals surface area contributed by atoms with Crippen LogP contribution in [0.25, 0.3) is 0 Å². The minimum atomic E-state index is -0.746. The summed E-state index contributed by atoms with van der Waals surface area (Å²) in [6, 6.07) is 0. The molecule has 0 aromatic rings. The van der Waals surface area contributed by atoms with E-state index in [0.29, 0.717) is 32.5 Å². The number of aliphatic hydroxyl groups is 1. The Balaban J connectivity index is 1.42. The second-order valence-corrected chi connectivity index (χ2v) is 6.20. The SMILES string of the molecule is OC1(CC#COC2CCCCO2)CCC2(CC1)OCCO2. The number of rotatable bonds is 2. The lowest BCUT2D eigenvalue weighted by molar-refractivity contribution is -0.201. The predicted molar refractivity (Wildman–Crippen MR) is 75.1 cm³/mol. The van der Waals surface area contributed by atoms with Gasteiger partial charge in [-0.2, -0.15) is 0 Å². The largest absolute Gasteiger partial charge is 0.414 e. The van der Waals surface area contributed by atoms with Crippen LogP contribution in [0.3, 0.4) is 0 Å². The highest BCUT2D eigenvalue weighted by Gasteiger charge is 2.45. The van der Waals surface area contributed by atoms with Gasteiger partial charge < -0.3 is 24.1 Å². The Morgan fingerprint density at radius 1 is 1.05 bits per heavy atom. The van der Waals surface area contributed by atoms with Crippen LogP contribution in [0, 0.1) is 12.0 Å². The summed E-state index contributed by atoms with van der Waals surface area (Å²) in [6.45, 7) is 2.07. The Morgan fingerprint density at radius 2 is 1.81 bits per heavy atom. The van der Waals surface area contributed by atoms with Gasteiger partial charge in [0.1, 0.15) is 6.11 Å². The van der Waals surface area contributed by atoms with Crippen LogP contribution >= 0.6 is 0 Å². The van der Waals surface area contributed by atoms with Gasteiger partial charge in [0.15, 0.2) is 5.79 Å². The third kappa shape index (κ3) is 3.89. The maximum Gasteiger partial charge on any atom is 0.210 e. The van der Waals surface area contributed by atoms with Crippen molar-refractivity contribution in [2.24, 2.45) is 0 Å². The van der Waals surface area contributed by atoms with Gasteiger partial charge in [0.05, 0.1) is 25.4 Å². The average Bonchev–Trinajstić information content (AvgIpc) is 2.98. The molecule has 2 aliphatic heterocycles. The first-order chi connectivity index (χ1) is 10.2. The van der Waals surface area contributed by atoms with Crippen molar-refractivity contribution in [2.75, 3.05) is 19.8 Å². The van der Waals surface area contributed by atoms with Gasteiger partial charge in [-0.3, -0.25) is 0 Å². The first-order valence-electron chi connectivity index (χ1n) is 7.95. The molecule has 5 nitrogen and oxygen atoms in total. The third-order valence-electron chi connectivity index (χ3n) is 4.57. The van der Waals surface area contributed by atoms with Crippen molar-refractivity contribution >= 4 is 0 Å². The van der Waals surface area contributed by atoms with Crippen molar-refractivity contribution in [3.63, 3.8) is 0 Å². The standard InChI is InChI=1S/C16H24O5/c17-15(5-3-11-19-14-4-1-2-10-18-14)6-8-16(9-7-15)20-12-13-21-16/h14,17H,1-2,4-10,12-13H2. The molecule has 5 heteroatoms. The van der Waals surface area contributed by atoms with Crippen LogP contribution in [0.1, 0.15) is 51.4 Å². The van der Waals surface area contributed by atoms with Gasteiger partial charge in [-0.15, -0.1) is 0 Å². The molecule has 1 spiro atoms. The van der Waals surface area contributed by atoms with E-state index in [1.54, 1.807) is 0 Å². The highest BCUT2D eigenvalue weighted by atomic mass is 16.7. The van der Waals surface area contributed by atoms with E-state index in [9.17, 15) is 5.11 Å². The van der Waals surface area contributed by atoms with Crippen molar-refractivity contribution < 1.29 is 24.1 Å². The molecule has 0 bridgehead atoms. The fraction of sp³-hybridized carbons (Fsp3) is 0.875. The monoisotopic (exact) mass is 296 g/mol. The maximum atomic E-state index is 10.6. The number of hydrogen-bond donors (Lipinski definition) is 1. The average molecular weight is 296 g/mol. The predicted octanol–water partition coefficient (Wildman–Crippen LogP) is 1.93. The number of ether oxygens (including phenoxy) is 4. The second-order valence-electron chi connectivity index (χ2n) is 6.20. The van der Waals surface area contributed by atoms with Gasteiger partial charge in [0.25, 0.3) is 0 Å². The molecular formula is C16H24O5. The Labute approximate surface area is 125 Å². The van der Waals surface area contributed by atoms with Gasteiger partial charge in [-0.05, 0) is 25.7 Å². The minimum absolute atomic E-state index is 0.198. The minimum Gasteiger partial charge on any atom is -0.414 e. The van der Waals surface area contributed by atoms with E-state index < -0.39 is 11.4 Å². The van der Waals surface area contributed by atoms with E-state index in [1.807, 2.05) is 0 Å². The molecule has 1 saturated carbocycles. The summed E-state index contributed by atoms with van der Waals surface area (Å²) in [5.74, 6) is 2.50. The summed E-state index contributed by atoms with van der Waals surface area (Å²) >= 11 is 0. The third-order valence-corrected chi connectivity index (χ3v) is 4.57. The van der Waals surface area contributed by atoms with Crippen LogP contribution in [0.15, 0.2) is 0 Å². The first-order valence-corrected chi connectivity index (χ1v) is 7.95. The molecule has 1 N–H and O–H groups in total. The molecule has 0 aromatic carbocycles. The van der Waals surface area contributed by atoms with E-state index in [1.165, 1.54) is 0 Å². The highest BCUT2D eigenvalue weighted by molar-refractivity contribution is 5.02. The lowest BCUT2D eigenvalue weighted by Crippen LogP contribution is -2.43. The van der Waals surface area contributed by atoms with E-state index in [4.69, 9.17) is 18.9 Å². The lowest BCUT2D eigenvalue weighted by Gasteiger charge is -2.39. The van der Waals surface area contributed by atoms with Crippen molar-refractivity contribution in [2.45, 2.75) is 69.0 Å². The Hall–Kier alpha value is -0.800. The molecule has 3 fully saturated rings. The fourth-order valence-corrected chi connectivity index (χ4v) is 3.17. The van der Waals surface area contributed by atoms with Crippen LogP contribution in [0.4, 0.5) is 0 Å². The van der Waals surface area contributed by atoms with Crippen molar-refractivity contribution in [1.82, 2.24) is 0 Å². The van der Waals surface area contributed by atoms with Crippen LogP contribution in [-0.2, 0) is 18.9 Å². The van der Waals surface area contributed by atoms with Crippen LogP contribution in [0.5, 0.6) is 0 Å². The van der Waals surface area contributed by atoms with E-state index in [0.717, 1.165) is 38.7 Å². The summed E-state index contributed by atoms with van der Waals surface area (Å²) in [5.41, 5.74) is -0.746. The van der Waals surface area contributed by atoms with E-state index in [2.05, 4.69) is 12.0 Å². The maximum absolute atomic E-state index is 10.6. The van der Waals surface area contributed by atoms with Crippen molar-refractivity contribution in [3.05, 3.63) is 0 Å². The summed E-state index contributed by atoms with van der Waals surface area (Å²) < 4.78 is 22.1. The van der Waals surface area contributed by atoms with Gasteiger partial charge in [-0.1, -0.05) is 5.92 Å². The van der Waals surface area contributed by atoms with Crippen LogP contribution in [-0.4, -0.2) is 42.6 Å². The molecule has 1 atom stereocenters. The molecule has 2 heterocycles. The zero-order valence-corrected chi connectivity index (χ0v) is 12.4. The summed E-state index contributed by atoms with van der Waals surface area (Å²) in [5, 5.41) is 10.6. The Morgan fingerprint density at radius 3 is 2.48 bits per heavy atom. The van der Waals surface area contributed by atoms with E-state index >= 15 is 0 Å². The normalized spacial score (nSPS) is 30.6. The van der Waals surface area contributed by atoms with Gasteiger partial charge in [-0.25, -0.2) is 0 Å². The molecular weight excluding hydrogens is 272 g/mol. The van der Waals surface area contributed by atoms with Gasteiger partial charge in [0.2, 0.25) is 6.29 Å². The summed E-state index contributed by atoms with van der Waals surface area (Å²) in [4.78, 5) is 0. The highest BCUT2D eigenvalue weighted by Crippen LogP contribution is 2.41. The number of hydrogen-bond acceptors (Lipinski definition) is 5. The van der Waals surface area contributed by atoms with Crippen molar-refractivity contribution in [3.8, 4) is 12.0 Å². The smallest absolute Gasteiger partial charge is 0.210 e. The van der Waals surface area contributed by atoms with Crippen LogP contribution < -0.4 is 0 Å².